The Morgan fingerprint density at radius 3 is 2.88 bits per heavy atom. The van der Waals surface area contributed by atoms with E-state index in [4.69, 9.17) is 5.26 Å². The van der Waals surface area contributed by atoms with Gasteiger partial charge in [-0.1, -0.05) is 13.8 Å². The van der Waals surface area contributed by atoms with Crippen molar-refractivity contribution in [1.82, 2.24) is 9.97 Å². The fourth-order valence-electron chi connectivity index (χ4n) is 1.88. The largest absolute Gasteiger partial charge is 0.354 e. The molecule has 0 bridgehead atoms. The molecule has 1 aliphatic carbocycles. The van der Waals surface area contributed by atoms with Crippen molar-refractivity contribution < 1.29 is 0 Å². The first kappa shape index (κ1) is 10.9. The summed E-state index contributed by atoms with van der Waals surface area (Å²) in [5, 5.41) is 12.0. The topological polar surface area (TPSA) is 61.6 Å². The lowest BCUT2D eigenvalue weighted by Gasteiger charge is -2.19. The van der Waals surface area contributed by atoms with Gasteiger partial charge < -0.3 is 5.32 Å². The zero-order valence-corrected chi connectivity index (χ0v) is 9.70. The van der Waals surface area contributed by atoms with E-state index < -0.39 is 0 Å². The van der Waals surface area contributed by atoms with Gasteiger partial charge in [0.15, 0.2) is 0 Å². The van der Waals surface area contributed by atoms with Crippen molar-refractivity contribution in [3.05, 3.63) is 18.0 Å². The Balaban J connectivity index is 1.98. The van der Waals surface area contributed by atoms with Gasteiger partial charge in [-0.2, -0.15) is 5.26 Å². The number of anilines is 1. The summed E-state index contributed by atoms with van der Waals surface area (Å²) >= 11 is 0. The van der Waals surface area contributed by atoms with Crippen molar-refractivity contribution in [2.45, 2.75) is 26.7 Å². The molecule has 0 aromatic carbocycles. The van der Waals surface area contributed by atoms with Crippen LogP contribution >= 0.6 is 0 Å². The predicted octanol–water partition coefficient (Wildman–Crippen LogP) is 2.20. The molecule has 1 aromatic rings. The highest BCUT2D eigenvalue weighted by Crippen LogP contribution is 2.51. The first-order chi connectivity index (χ1) is 7.66. The molecule has 84 valence electrons. The van der Waals surface area contributed by atoms with Gasteiger partial charge in [-0.15, -0.1) is 0 Å². The van der Waals surface area contributed by atoms with Crippen molar-refractivity contribution in [1.29, 1.82) is 5.26 Å². The molecule has 4 heteroatoms. The second kappa shape index (κ2) is 4.09. The van der Waals surface area contributed by atoms with E-state index in [2.05, 4.69) is 29.1 Å². The molecule has 0 atom stereocenters. The zero-order chi connectivity index (χ0) is 11.6. The first-order valence-corrected chi connectivity index (χ1v) is 5.63. The first-order valence-electron chi connectivity index (χ1n) is 5.63. The number of nitriles is 1. The van der Waals surface area contributed by atoms with E-state index in [0.717, 1.165) is 6.54 Å². The molecule has 0 unspecified atom stereocenters. The van der Waals surface area contributed by atoms with Crippen LogP contribution in [0.2, 0.25) is 0 Å². The van der Waals surface area contributed by atoms with Gasteiger partial charge in [0.05, 0.1) is 0 Å². The summed E-state index contributed by atoms with van der Waals surface area (Å²) in [7, 11) is 0. The van der Waals surface area contributed by atoms with E-state index in [0.29, 0.717) is 23.0 Å². The molecule has 0 spiro atoms. The summed E-state index contributed by atoms with van der Waals surface area (Å²) in [5.74, 6) is 1.24. The predicted molar refractivity (Wildman–Crippen MR) is 61.7 cm³/mol. The molecule has 1 aliphatic rings. The van der Waals surface area contributed by atoms with E-state index in [9.17, 15) is 0 Å². The van der Waals surface area contributed by atoms with Crippen molar-refractivity contribution >= 4 is 5.95 Å². The summed E-state index contributed by atoms with van der Waals surface area (Å²) in [6, 6.07) is 3.62. The molecule has 1 saturated carbocycles. The number of nitrogens with zero attached hydrogens (tertiary/aromatic N) is 3. The van der Waals surface area contributed by atoms with Crippen LogP contribution in [0.15, 0.2) is 12.3 Å². The highest BCUT2D eigenvalue weighted by Gasteiger charge is 2.45. The molecule has 2 rings (SSSR count). The molecule has 1 N–H and O–H groups in total. The van der Waals surface area contributed by atoms with Gasteiger partial charge in [0, 0.05) is 12.7 Å². The van der Waals surface area contributed by atoms with Crippen molar-refractivity contribution in [2.24, 2.45) is 11.3 Å². The van der Waals surface area contributed by atoms with Gasteiger partial charge in [-0.25, -0.2) is 9.97 Å². The van der Waals surface area contributed by atoms with Crippen molar-refractivity contribution in [2.75, 3.05) is 11.9 Å². The third kappa shape index (κ3) is 2.13. The third-order valence-corrected chi connectivity index (χ3v) is 3.49. The van der Waals surface area contributed by atoms with Gasteiger partial charge in [-0.05, 0) is 30.2 Å². The van der Waals surface area contributed by atoms with Gasteiger partial charge in [0.25, 0.3) is 0 Å². The monoisotopic (exact) mass is 216 g/mol. The van der Waals surface area contributed by atoms with Crippen LogP contribution in [0.3, 0.4) is 0 Å². The minimum atomic E-state index is 0.409. The molecular weight excluding hydrogens is 200 g/mol. The molecule has 0 saturated heterocycles. The Morgan fingerprint density at radius 1 is 1.56 bits per heavy atom. The standard InChI is InChI=1S/C12H16N4/c1-9(2)12(4-5-12)8-15-11-14-6-3-10(7-13)16-11/h3,6,9H,4-5,8H2,1-2H3,(H,14,15,16). The molecule has 0 aliphatic heterocycles. The van der Waals surface area contributed by atoms with E-state index in [1.807, 2.05) is 6.07 Å². The minimum Gasteiger partial charge on any atom is -0.354 e. The van der Waals surface area contributed by atoms with Gasteiger partial charge in [-0.3, -0.25) is 0 Å². The van der Waals surface area contributed by atoms with Crippen LogP contribution in [0, 0.1) is 22.7 Å². The summed E-state index contributed by atoms with van der Waals surface area (Å²) < 4.78 is 0. The van der Waals surface area contributed by atoms with Crippen molar-refractivity contribution in [3.8, 4) is 6.07 Å². The molecule has 0 amide bonds. The van der Waals surface area contributed by atoms with E-state index in [1.165, 1.54) is 12.8 Å². The molecule has 16 heavy (non-hydrogen) atoms. The fraction of sp³-hybridized carbons (Fsp3) is 0.583. The average Bonchev–Trinajstić information content (AvgIpc) is 3.08. The van der Waals surface area contributed by atoms with Crippen LogP contribution in [0.25, 0.3) is 0 Å². The second-order valence-corrected chi connectivity index (χ2v) is 4.75. The minimum absolute atomic E-state index is 0.409. The third-order valence-electron chi connectivity index (χ3n) is 3.49. The molecule has 1 aromatic heterocycles. The van der Waals surface area contributed by atoms with Gasteiger partial charge in [0.2, 0.25) is 5.95 Å². The Labute approximate surface area is 95.7 Å². The number of rotatable bonds is 4. The summed E-state index contributed by atoms with van der Waals surface area (Å²) in [6.07, 6.45) is 4.16. The Bertz CT molecular complexity index is 415. The van der Waals surface area contributed by atoms with Crippen LogP contribution in [0.4, 0.5) is 5.95 Å². The number of hydrogen-bond donors (Lipinski definition) is 1. The van der Waals surface area contributed by atoms with Crippen LogP contribution in [-0.2, 0) is 0 Å². The highest BCUT2D eigenvalue weighted by atomic mass is 15.1. The fourth-order valence-corrected chi connectivity index (χ4v) is 1.88. The lowest BCUT2D eigenvalue weighted by Crippen LogP contribution is -2.21. The lowest BCUT2D eigenvalue weighted by molar-refractivity contribution is 0.379. The number of aromatic nitrogens is 2. The Morgan fingerprint density at radius 2 is 2.31 bits per heavy atom. The number of nitrogens with one attached hydrogen (secondary N) is 1. The maximum Gasteiger partial charge on any atom is 0.223 e. The Hall–Kier alpha value is -1.63. The second-order valence-electron chi connectivity index (χ2n) is 4.75. The summed E-state index contributed by atoms with van der Waals surface area (Å²) in [4.78, 5) is 8.20. The maximum atomic E-state index is 8.72. The highest BCUT2D eigenvalue weighted by molar-refractivity contribution is 5.30. The van der Waals surface area contributed by atoms with E-state index in [1.54, 1.807) is 12.3 Å². The van der Waals surface area contributed by atoms with E-state index in [-0.39, 0.29) is 0 Å². The summed E-state index contributed by atoms with van der Waals surface area (Å²) in [6.45, 7) is 5.40. The molecular formula is C12H16N4. The Kier molecular flexibility index (Phi) is 2.78. The van der Waals surface area contributed by atoms with Crippen LogP contribution in [0.1, 0.15) is 32.4 Å². The van der Waals surface area contributed by atoms with Crippen LogP contribution in [-0.4, -0.2) is 16.5 Å². The summed E-state index contributed by atoms with van der Waals surface area (Å²) in [5.41, 5.74) is 0.832. The van der Waals surface area contributed by atoms with Gasteiger partial charge >= 0.3 is 0 Å². The number of hydrogen-bond acceptors (Lipinski definition) is 4. The van der Waals surface area contributed by atoms with Gasteiger partial charge in [0.1, 0.15) is 11.8 Å². The quantitative estimate of drug-likeness (QED) is 0.838. The normalized spacial score (nSPS) is 16.9. The molecule has 1 fully saturated rings. The molecule has 1 heterocycles. The average molecular weight is 216 g/mol. The van der Waals surface area contributed by atoms with Crippen LogP contribution in [0.5, 0.6) is 0 Å². The molecule has 0 radical (unpaired) electrons. The molecule has 4 nitrogen and oxygen atoms in total. The maximum absolute atomic E-state index is 8.72. The SMILES string of the molecule is CC(C)C1(CNc2nccc(C#N)n2)CC1. The lowest BCUT2D eigenvalue weighted by atomic mass is 9.92. The smallest absolute Gasteiger partial charge is 0.223 e. The van der Waals surface area contributed by atoms with Crippen LogP contribution < -0.4 is 5.32 Å². The zero-order valence-electron chi connectivity index (χ0n) is 9.70. The van der Waals surface area contributed by atoms with E-state index >= 15 is 0 Å². The van der Waals surface area contributed by atoms with Crippen molar-refractivity contribution in [3.63, 3.8) is 0 Å².